The van der Waals surface area contributed by atoms with Gasteiger partial charge in [-0.3, -0.25) is 0 Å². The van der Waals surface area contributed by atoms with Gasteiger partial charge in [0.25, 0.3) is 0 Å². The summed E-state index contributed by atoms with van der Waals surface area (Å²) in [6, 6.07) is 68.8. The van der Waals surface area contributed by atoms with E-state index in [4.69, 9.17) is 14.4 Å². The van der Waals surface area contributed by atoms with E-state index in [-0.39, 0.29) is 0 Å². The highest BCUT2D eigenvalue weighted by Crippen LogP contribution is 2.45. The molecule has 0 aliphatic carbocycles. The van der Waals surface area contributed by atoms with Crippen LogP contribution in [0.4, 0.5) is 0 Å². The number of benzene rings is 9. The predicted molar refractivity (Wildman–Crippen MR) is 244 cm³/mol. The number of furan rings is 1. The summed E-state index contributed by atoms with van der Waals surface area (Å²) in [7, 11) is 0. The maximum absolute atomic E-state index is 6.69. The summed E-state index contributed by atoms with van der Waals surface area (Å²) in [5.41, 5.74) is 12.5. The van der Waals surface area contributed by atoms with Crippen LogP contribution in [0.25, 0.3) is 121 Å². The van der Waals surface area contributed by atoms with E-state index in [0.717, 1.165) is 105 Å². The number of aromatic nitrogens is 4. The Balaban J connectivity index is 1.05. The summed E-state index contributed by atoms with van der Waals surface area (Å²) >= 11 is 0. The molecule has 0 unspecified atom stereocenters. The Labute approximate surface area is 337 Å². The molecule has 13 aromatic rings. The molecule has 0 radical (unpaired) electrons. The fourth-order valence-corrected chi connectivity index (χ4v) is 9.51. The molecule has 0 amide bonds. The van der Waals surface area contributed by atoms with Crippen LogP contribution in [0, 0.1) is 0 Å². The van der Waals surface area contributed by atoms with Crippen LogP contribution in [0.2, 0.25) is 0 Å². The van der Waals surface area contributed by atoms with Crippen molar-refractivity contribution in [2.75, 3.05) is 0 Å². The van der Waals surface area contributed by atoms with Gasteiger partial charge in [0.05, 0.1) is 38.7 Å². The second-order valence-corrected chi connectivity index (χ2v) is 15.3. The molecular weight excluding hydrogens is 721 g/mol. The summed E-state index contributed by atoms with van der Waals surface area (Å²) in [6.07, 6.45) is 0. The van der Waals surface area contributed by atoms with Crippen molar-refractivity contribution in [1.82, 2.24) is 19.1 Å². The number of rotatable bonds is 4. The van der Waals surface area contributed by atoms with Gasteiger partial charge in [-0.1, -0.05) is 115 Å². The van der Waals surface area contributed by atoms with Crippen LogP contribution in [-0.4, -0.2) is 19.1 Å². The minimum Gasteiger partial charge on any atom is -0.455 e. The van der Waals surface area contributed by atoms with Crippen molar-refractivity contribution in [2.45, 2.75) is 0 Å². The molecule has 5 nitrogen and oxygen atoms in total. The van der Waals surface area contributed by atoms with E-state index < -0.39 is 0 Å². The zero-order valence-corrected chi connectivity index (χ0v) is 31.7. The fourth-order valence-electron chi connectivity index (χ4n) is 9.51. The molecule has 13 rings (SSSR count). The normalized spacial score (nSPS) is 12.1. The first-order valence-electron chi connectivity index (χ1n) is 20.0. The van der Waals surface area contributed by atoms with Crippen molar-refractivity contribution in [3.8, 4) is 34.0 Å². The summed E-state index contributed by atoms with van der Waals surface area (Å²) in [5, 5.41) is 10.3. The van der Waals surface area contributed by atoms with Crippen molar-refractivity contribution < 1.29 is 4.42 Å². The van der Waals surface area contributed by atoms with Crippen molar-refractivity contribution in [3.63, 3.8) is 0 Å². The van der Waals surface area contributed by atoms with Crippen LogP contribution in [0.1, 0.15) is 0 Å². The van der Waals surface area contributed by atoms with Crippen molar-refractivity contribution in [2.24, 2.45) is 0 Å². The maximum Gasteiger partial charge on any atom is 0.160 e. The van der Waals surface area contributed by atoms with Crippen molar-refractivity contribution in [1.29, 1.82) is 0 Å². The molecule has 0 fully saturated rings. The van der Waals surface area contributed by atoms with Gasteiger partial charge in [-0.2, -0.15) is 0 Å². The fraction of sp³-hybridized carbons (Fsp3) is 0. The molecule has 0 saturated heterocycles. The Morgan fingerprint density at radius 1 is 0.373 bits per heavy atom. The van der Waals surface area contributed by atoms with Crippen molar-refractivity contribution in [3.05, 3.63) is 194 Å². The van der Waals surface area contributed by atoms with Gasteiger partial charge in [0, 0.05) is 60.2 Å². The standard InChI is InChI=1S/C54H32N4O/c1-3-14-34(15-4-1)50-43-28-25-33-13-7-8-18-38(33)51(43)56-54(55-50)35-23-26-37(27-24-35)57-44-21-11-9-20-41(44)48-45(57)32-30-42-49-46(58(52(42)48)36-16-5-2-6-17-36)31-29-40-39-19-10-12-22-47(39)59-53(40)49/h1-32H. The van der Waals surface area contributed by atoms with Gasteiger partial charge in [-0.05, 0) is 84.2 Å². The summed E-state index contributed by atoms with van der Waals surface area (Å²) in [6.45, 7) is 0. The lowest BCUT2D eigenvalue weighted by molar-refractivity contribution is 0.673. The van der Waals surface area contributed by atoms with Gasteiger partial charge < -0.3 is 13.6 Å². The summed E-state index contributed by atoms with van der Waals surface area (Å²) < 4.78 is 11.5. The molecule has 0 aliphatic heterocycles. The lowest BCUT2D eigenvalue weighted by Gasteiger charge is -2.13. The molecule has 0 atom stereocenters. The molecule has 0 spiro atoms. The predicted octanol–water partition coefficient (Wildman–Crippen LogP) is 14.2. The largest absolute Gasteiger partial charge is 0.455 e. The number of hydrogen-bond acceptors (Lipinski definition) is 3. The second-order valence-electron chi connectivity index (χ2n) is 15.3. The van der Waals surface area contributed by atoms with Crippen LogP contribution in [0.15, 0.2) is 199 Å². The molecule has 0 bridgehead atoms. The number of para-hydroxylation sites is 3. The van der Waals surface area contributed by atoms with E-state index in [1.165, 1.54) is 10.8 Å². The third kappa shape index (κ3) is 4.61. The van der Waals surface area contributed by atoms with Gasteiger partial charge in [-0.15, -0.1) is 0 Å². The average molecular weight is 753 g/mol. The number of hydrogen-bond donors (Lipinski definition) is 0. The Morgan fingerprint density at radius 3 is 1.85 bits per heavy atom. The van der Waals surface area contributed by atoms with E-state index in [1.54, 1.807) is 0 Å². The quantitative estimate of drug-likeness (QED) is 0.168. The van der Waals surface area contributed by atoms with E-state index in [0.29, 0.717) is 5.82 Å². The van der Waals surface area contributed by atoms with Crippen LogP contribution in [-0.2, 0) is 0 Å². The molecular formula is C54H32N4O. The highest BCUT2D eigenvalue weighted by Gasteiger charge is 2.24. The minimum atomic E-state index is 0.701. The van der Waals surface area contributed by atoms with Gasteiger partial charge >= 0.3 is 0 Å². The zero-order chi connectivity index (χ0) is 38.6. The molecule has 274 valence electrons. The Morgan fingerprint density at radius 2 is 1.02 bits per heavy atom. The van der Waals surface area contributed by atoms with Crippen LogP contribution in [0.3, 0.4) is 0 Å². The molecule has 4 heterocycles. The molecule has 4 aromatic heterocycles. The molecule has 5 heteroatoms. The Kier molecular flexibility index (Phi) is 6.66. The van der Waals surface area contributed by atoms with Crippen LogP contribution >= 0.6 is 0 Å². The summed E-state index contributed by atoms with van der Waals surface area (Å²) in [5.74, 6) is 0.701. The van der Waals surface area contributed by atoms with Gasteiger partial charge in [0.1, 0.15) is 11.2 Å². The van der Waals surface area contributed by atoms with E-state index in [1.807, 2.05) is 12.1 Å². The van der Waals surface area contributed by atoms with Crippen LogP contribution < -0.4 is 0 Å². The lowest BCUT2D eigenvalue weighted by atomic mass is 10.0. The Hall–Kier alpha value is -8.02. The van der Waals surface area contributed by atoms with E-state index in [2.05, 4.69) is 191 Å². The SMILES string of the molecule is c1ccc(-c2nc(-c3ccc(-n4c5ccccc5c5c4ccc4c6c7oc8ccccc8c7ccc6n(-c6ccccc6)c45)cc3)nc3c2ccc2ccccc23)cc1. The number of fused-ring (bicyclic) bond motifs is 14. The van der Waals surface area contributed by atoms with Crippen molar-refractivity contribution >= 4 is 87.2 Å². The molecule has 0 aliphatic rings. The highest BCUT2D eigenvalue weighted by molar-refractivity contribution is 6.31. The smallest absolute Gasteiger partial charge is 0.160 e. The van der Waals surface area contributed by atoms with Crippen LogP contribution in [0.5, 0.6) is 0 Å². The first-order valence-corrected chi connectivity index (χ1v) is 20.0. The molecule has 9 aromatic carbocycles. The third-order valence-corrected chi connectivity index (χ3v) is 12.1. The van der Waals surface area contributed by atoms with E-state index in [9.17, 15) is 0 Å². The van der Waals surface area contributed by atoms with Gasteiger partial charge in [0.2, 0.25) is 0 Å². The lowest BCUT2D eigenvalue weighted by Crippen LogP contribution is -1.97. The maximum atomic E-state index is 6.69. The topological polar surface area (TPSA) is 48.8 Å². The first-order chi connectivity index (χ1) is 29.3. The van der Waals surface area contributed by atoms with Gasteiger partial charge in [-0.25, -0.2) is 9.97 Å². The van der Waals surface area contributed by atoms with Gasteiger partial charge in [0.15, 0.2) is 5.82 Å². The minimum absolute atomic E-state index is 0.701. The molecule has 59 heavy (non-hydrogen) atoms. The third-order valence-electron chi connectivity index (χ3n) is 12.1. The highest BCUT2D eigenvalue weighted by atomic mass is 16.3. The molecule has 0 saturated carbocycles. The zero-order valence-electron chi connectivity index (χ0n) is 31.7. The Bertz CT molecular complexity index is 3820. The summed E-state index contributed by atoms with van der Waals surface area (Å²) in [4.78, 5) is 10.5. The van der Waals surface area contributed by atoms with E-state index >= 15 is 0 Å². The number of nitrogens with zero attached hydrogens (tertiary/aromatic N) is 4. The second kappa shape index (κ2) is 12.2. The average Bonchev–Trinajstić information content (AvgIpc) is 3.97. The molecule has 0 N–H and O–H groups in total. The monoisotopic (exact) mass is 752 g/mol. The first kappa shape index (κ1) is 32.1.